The van der Waals surface area contributed by atoms with Crippen LogP contribution in [0, 0.1) is 0 Å². The van der Waals surface area contributed by atoms with E-state index in [4.69, 9.17) is 5.11 Å². The third-order valence-electron chi connectivity index (χ3n) is 2.51. The minimum atomic E-state index is -0.897. The summed E-state index contributed by atoms with van der Waals surface area (Å²) in [7, 11) is 3.25. The predicted octanol–water partition coefficient (Wildman–Crippen LogP) is 0.200. The number of carboxylic acids is 1. The van der Waals surface area contributed by atoms with Gasteiger partial charge in [0.15, 0.2) is 0 Å². The fourth-order valence-electron chi connectivity index (χ4n) is 1.34. The van der Waals surface area contributed by atoms with Crippen LogP contribution in [-0.4, -0.2) is 60.8 Å². The van der Waals surface area contributed by atoms with Crippen LogP contribution in [0.25, 0.3) is 0 Å². The van der Waals surface area contributed by atoms with Crippen molar-refractivity contribution in [1.29, 1.82) is 0 Å². The maximum atomic E-state index is 11.6. The number of nitrogens with one attached hydrogen (secondary N) is 3. The molecule has 0 aromatic carbocycles. The Labute approximate surface area is 118 Å². The largest absolute Gasteiger partial charge is 0.481 e. The Hall–Kier alpha value is -1.99. The van der Waals surface area contributed by atoms with Crippen LogP contribution in [-0.2, 0) is 4.79 Å². The molecular weight excluding hydrogens is 264 g/mol. The quantitative estimate of drug-likeness (QED) is 0.501. The van der Waals surface area contributed by atoms with Crippen molar-refractivity contribution in [3.05, 3.63) is 0 Å². The van der Waals surface area contributed by atoms with Crippen LogP contribution in [0.5, 0.6) is 0 Å². The van der Waals surface area contributed by atoms with Gasteiger partial charge in [-0.15, -0.1) is 0 Å². The molecule has 0 saturated heterocycles. The molecule has 0 aliphatic carbocycles. The van der Waals surface area contributed by atoms with Gasteiger partial charge in [0, 0.05) is 39.1 Å². The van der Waals surface area contributed by atoms with E-state index in [1.165, 1.54) is 4.90 Å². The number of amides is 4. The number of carbonyl (C=O) groups excluding carboxylic acids is 2. The lowest BCUT2D eigenvalue weighted by molar-refractivity contribution is -0.137. The molecular formula is C12H24N4O4. The summed E-state index contributed by atoms with van der Waals surface area (Å²) >= 11 is 0. The molecule has 4 amide bonds. The van der Waals surface area contributed by atoms with Crippen LogP contribution in [0.15, 0.2) is 0 Å². The predicted molar refractivity (Wildman–Crippen MR) is 74.6 cm³/mol. The molecule has 20 heavy (non-hydrogen) atoms. The highest BCUT2D eigenvalue weighted by Crippen LogP contribution is 2.10. The number of carboxylic acid groups (broad SMARTS) is 1. The summed E-state index contributed by atoms with van der Waals surface area (Å²) in [5.41, 5.74) is -0.602. The summed E-state index contributed by atoms with van der Waals surface area (Å²) in [6, 6.07) is -0.617. The first-order valence-electron chi connectivity index (χ1n) is 6.37. The Kier molecular flexibility index (Phi) is 7.42. The van der Waals surface area contributed by atoms with Gasteiger partial charge in [0.05, 0.1) is 0 Å². The van der Waals surface area contributed by atoms with Crippen molar-refractivity contribution in [2.45, 2.75) is 32.2 Å². The Balaban J connectivity index is 3.87. The topological polar surface area (TPSA) is 111 Å². The molecule has 116 valence electrons. The summed E-state index contributed by atoms with van der Waals surface area (Å²) in [4.78, 5) is 34.7. The molecule has 0 fully saturated rings. The van der Waals surface area contributed by atoms with E-state index in [0.29, 0.717) is 19.5 Å². The summed E-state index contributed by atoms with van der Waals surface area (Å²) in [6.45, 7) is 4.12. The number of aliphatic carboxylic acids is 1. The zero-order valence-corrected chi connectivity index (χ0v) is 12.4. The molecule has 0 spiro atoms. The second kappa shape index (κ2) is 8.23. The Morgan fingerprint density at radius 1 is 1.10 bits per heavy atom. The third kappa shape index (κ3) is 9.01. The molecule has 4 N–H and O–H groups in total. The van der Waals surface area contributed by atoms with E-state index < -0.39 is 11.5 Å². The molecule has 8 heteroatoms. The first-order chi connectivity index (χ1) is 9.14. The lowest BCUT2D eigenvalue weighted by atomic mass is 9.99. The first kappa shape index (κ1) is 18.0. The summed E-state index contributed by atoms with van der Waals surface area (Å²) < 4.78 is 0. The van der Waals surface area contributed by atoms with Gasteiger partial charge in [-0.1, -0.05) is 0 Å². The van der Waals surface area contributed by atoms with Gasteiger partial charge in [0.2, 0.25) is 0 Å². The van der Waals surface area contributed by atoms with Gasteiger partial charge in [0.25, 0.3) is 0 Å². The number of nitrogens with zero attached hydrogens (tertiary/aromatic N) is 1. The molecule has 0 unspecified atom stereocenters. The second-order valence-electron chi connectivity index (χ2n) is 5.28. The highest BCUT2D eigenvalue weighted by Gasteiger charge is 2.21. The number of hydrogen-bond acceptors (Lipinski definition) is 3. The van der Waals surface area contributed by atoms with Crippen LogP contribution >= 0.6 is 0 Å². The van der Waals surface area contributed by atoms with Crippen molar-refractivity contribution < 1.29 is 19.5 Å². The van der Waals surface area contributed by atoms with Gasteiger partial charge < -0.3 is 26.0 Å². The monoisotopic (exact) mass is 288 g/mol. The molecule has 0 heterocycles. The molecule has 0 bridgehead atoms. The Morgan fingerprint density at radius 2 is 1.65 bits per heavy atom. The van der Waals surface area contributed by atoms with Crippen molar-refractivity contribution in [3.63, 3.8) is 0 Å². The molecule has 0 aliphatic heterocycles. The van der Waals surface area contributed by atoms with E-state index >= 15 is 0 Å². The number of carbonyl (C=O) groups is 3. The maximum Gasteiger partial charge on any atom is 0.316 e. The maximum absolute atomic E-state index is 11.6. The highest BCUT2D eigenvalue weighted by atomic mass is 16.4. The van der Waals surface area contributed by atoms with Crippen molar-refractivity contribution in [3.8, 4) is 0 Å². The van der Waals surface area contributed by atoms with Crippen LogP contribution in [0.3, 0.4) is 0 Å². The van der Waals surface area contributed by atoms with Crippen molar-refractivity contribution in [2.75, 3.05) is 27.2 Å². The molecule has 0 radical (unpaired) electrons. The van der Waals surface area contributed by atoms with Crippen LogP contribution in [0.4, 0.5) is 9.59 Å². The van der Waals surface area contributed by atoms with E-state index in [1.807, 2.05) is 0 Å². The van der Waals surface area contributed by atoms with Gasteiger partial charge in [0.1, 0.15) is 0 Å². The van der Waals surface area contributed by atoms with E-state index in [9.17, 15) is 14.4 Å². The normalized spacial score (nSPS) is 10.6. The molecule has 8 nitrogen and oxygen atoms in total. The van der Waals surface area contributed by atoms with Crippen LogP contribution in [0.2, 0.25) is 0 Å². The Morgan fingerprint density at radius 3 is 2.15 bits per heavy atom. The van der Waals surface area contributed by atoms with Gasteiger partial charge in [-0.2, -0.15) is 0 Å². The van der Waals surface area contributed by atoms with E-state index in [2.05, 4.69) is 16.0 Å². The summed E-state index contributed by atoms with van der Waals surface area (Å²) in [5, 5.41) is 16.5. The lowest BCUT2D eigenvalue weighted by Crippen LogP contribution is -2.50. The van der Waals surface area contributed by atoms with E-state index in [0.717, 1.165) is 0 Å². The molecule has 0 aromatic rings. The SMILES string of the molecule is CN(C)C(=O)NCCNC(=O)NC(C)(C)CCC(=O)O. The third-order valence-corrected chi connectivity index (χ3v) is 2.51. The summed E-state index contributed by atoms with van der Waals surface area (Å²) in [5.74, 6) is -0.897. The standard InChI is InChI=1S/C12H24N4O4/c1-12(2,6-5-9(17)18)15-10(19)13-7-8-14-11(20)16(3)4/h5-8H2,1-4H3,(H,14,20)(H,17,18)(H2,13,15,19). The van der Waals surface area contributed by atoms with Crippen molar-refractivity contribution in [2.24, 2.45) is 0 Å². The van der Waals surface area contributed by atoms with Crippen LogP contribution < -0.4 is 16.0 Å². The van der Waals surface area contributed by atoms with Crippen molar-refractivity contribution in [1.82, 2.24) is 20.9 Å². The van der Waals surface area contributed by atoms with Crippen molar-refractivity contribution >= 4 is 18.0 Å². The lowest BCUT2D eigenvalue weighted by Gasteiger charge is -2.25. The second-order valence-corrected chi connectivity index (χ2v) is 5.28. The average molecular weight is 288 g/mol. The van der Waals surface area contributed by atoms with Gasteiger partial charge in [-0.05, 0) is 20.3 Å². The Bertz CT molecular complexity index is 355. The fourth-order valence-corrected chi connectivity index (χ4v) is 1.34. The van der Waals surface area contributed by atoms with E-state index in [1.54, 1.807) is 27.9 Å². The van der Waals surface area contributed by atoms with Gasteiger partial charge in [-0.3, -0.25) is 4.79 Å². The molecule has 0 aromatic heterocycles. The van der Waals surface area contributed by atoms with E-state index in [-0.39, 0.29) is 18.5 Å². The zero-order valence-electron chi connectivity index (χ0n) is 12.4. The molecule has 0 rings (SSSR count). The van der Waals surface area contributed by atoms with Crippen LogP contribution in [0.1, 0.15) is 26.7 Å². The van der Waals surface area contributed by atoms with Gasteiger partial charge >= 0.3 is 18.0 Å². The zero-order chi connectivity index (χ0) is 15.8. The van der Waals surface area contributed by atoms with Gasteiger partial charge in [-0.25, -0.2) is 9.59 Å². The minimum Gasteiger partial charge on any atom is -0.481 e. The fraction of sp³-hybridized carbons (Fsp3) is 0.750. The molecule has 0 saturated carbocycles. The minimum absolute atomic E-state index is 0.00777. The molecule has 0 aliphatic rings. The number of urea groups is 2. The number of hydrogen-bond donors (Lipinski definition) is 4. The highest BCUT2D eigenvalue weighted by molar-refractivity contribution is 5.75. The average Bonchev–Trinajstić information content (AvgIpc) is 2.31. The first-order valence-corrected chi connectivity index (χ1v) is 6.37. The smallest absolute Gasteiger partial charge is 0.316 e. The number of rotatable bonds is 7. The summed E-state index contributed by atoms with van der Waals surface area (Å²) in [6.07, 6.45) is 0.333. The molecule has 0 atom stereocenters.